The van der Waals surface area contributed by atoms with Gasteiger partial charge in [-0.15, -0.1) is 0 Å². The summed E-state index contributed by atoms with van der Waals surface area (Å²) in [6.07, 6.45) is 0.771. The van der Waals surface area contributed by atoms with Crippen molar-refractivity contribution in [2.45, 2.75) is 13.3 Å². The van der Waals surface area contributed by atoms with Crippen molar-refractivity contribution in [2.24, 2.45) is 5.84 Å². The summed E-state index contributed by atoms with van der Waals surface area (Å²) in [6, 6.07) is 5.46. The van der Waals surface area contributed by atoms with E-state index in [1.165, 1.54) is 0 Å². The lowest BCUT2D eigenvalue weighted by molar-refractivity contribution is 0.959. The van der Waals surface area contributed by atoms with Crippen molar-refractivity contribution in [3.8, 4) is 0 Å². The second-order valence-corrected chi connectivity index (χ2v) is 3.58. The molecule has 2 rings (SSSR count). The number of rotatable bonds is 2. The molecule has 3 N–H and O–H groups in total. The van der Waals surface area contributed by atoms with Crippen LogP contribution in [-0.4, -0.2) is 9.97 Å². The molecule has 0 unspecified atom stereocenters. The minimum absolute atomic E-state index is 0.611. The predicted molar refractivity (Wildman–Crippen MR) is 61.7 cm³/mol. The molecule has 1 heterocycles. The summed E-state index contributed by atoms with van der Waals surface area (Å²) in [5.74, 6) is 6.78. The third-order valence-corrected chi connectivity index (χ3v) is 2.39. The van der Waals surface area contributed by atoms with Crippen LogP contribution in [0.15, 0.2) is 18.2 Å². The molecule has 0 amide bonds. The van der Waals surface area contributed by atoms with E-state index < -0.39 is 0 Å². The van der Waals surface area contributed by atoms with E-state index in [0.29, 0.717) is 10.8 Å². The first kappa shape index (κ1) is 10.1. The molecule has 0 spiro atoms. The number of fused-ring (bicyclic) bond motifs is 1. The number of anilines is 1. The first-order valence-electron chi connectivity index (χ1n) is 4.67. The summed E-state index contributed by atoms with van der Waals surface area (Å²) in [5.41, 5.74) is 3.41. The smallest absolute Gasteiger partial charge is 0.151 e. The van der Waals surface area contributed by atoms with Gasteiger partial charge >= 0.3 is 0 Å². The van der Waals surface area contributed by atoms with Gasteiger partial charge in [0.2, 0.25) is 0 Å². The number of hydrogen-bond acceptors (Lipinski definition) is 4. The lowest BCUT2D eigenvalue weighted by Gasteiger charge is -2.06. The van der Waals surface area contributed by atoms with Crippen LogP contribution in [0.3, 0.4) is 0 Å². The van der Waals surface area contributed by atoms with Gasteiger partial charge in [0.05, 0.1) is 5.52 Å². The van der Waals surface area contributed by atoms with E-state index in [1.54, 1.807) is 12.1 Å². The van der Waals surface area contributed by atoms with E-state index in [-0.39, 0.29) is 0 Å². The quantitative estimate of drug-likeness (QED) is 0.604. The van der Waals surface area contributed by atoms with Crippen LogP contribution in [0.5, 0.6) is 0 Å². The Morgan fingerprint density at radius 1 is 1.40 bits per heavy atom. The molecule has 15 heavy (non-hydrogen) atoms. The average molecular weight is 223 g/mol. The Kier molecular flexibility index (Phi) is 2.70. The molecule has 0 bridgehead atoms. The molecule has 2 aromatic rings. The van der Waals surface area contributed by atoms with Crippen LogP contribution >= 0.6 is 11.6 Å². The molecule has 0 atom stereocenters. The number of nitrogens with one attached hydrogen (secondary N) is 1. The number of hydrazine groups is 1. The lowest BCUT2D eigenvalue weighted by atomic mass is 10.2. The molecular weight excluding hydrogens is 212 g/mol. The van der Waals surface area contributed by atoms with E-state index in [1.807, 2.05) is 13.0 Å². The number of halogens is 1. The Morgan fingerprint density at radius 2 is 2.20 bits per heavy atom. The van der Waals surface area contributed by atoms with Crippen LogP contribution in [0.25, 0.3) is 10.9 Å². The Balaban J connectivity index is 2.75. The second-order valence-electron chi connectivity index (χ2n) is 3.15. The van der Waals surface area contributed by atoms with Gasteiger partial charge in [0, 0.05) is 16.8 Å². The predicted octanol–water partition coefficient (Wildman–Crippen LogP) is 2.13. The van der Waals surface area contributed by atoms with Crippen LogP contribution in [0, 0.1) is 0 Å². The Labute approximate surface area is 92.4 Å². The van der Waals surface area contributed by atoms with Gasteiger partial charge < -0.3 is 5.43 Å². The summed E-state index contributed by atoms with van der Waals surface area (Å²) in [4.78, 5) is 8.65. The largest absolute Gasteiger partial charge is 0.308 e. The fourth-order valence-electron chi connectivity index (χ4n) is 1.42. The highest BCUT2D eigenvalue weighted by Gasteiger charge is 2.05. The van der Waals surface area contributed by atoms with E-state index >= 15 is 0 Å². The third kappa shape index (κ3) is 1.86. The Bertz CT molecular complexity index is 498. The van der Waals surface area contributed by atoms with Gasteiger partial charge in [-0.25, -0.2) is 15.8 Å². The van der Waals surface area contributed by atoms with E-state index in [4.69, 9.17) is 17.4 Å². The summed E-state index contributed by atoms with van der Waals surface area (Å²) in [7, 11) is 0. The first-order chi connectivity index (χ1) is 7.24. The lowest BCUT2D eigenvalue weighted by Crippen LogP contribution is -2.11. The SMILES string of the molecule is CCc1nc(NN)c2cc(Cl)ccc2n1. The summed E-state index contributed by atoms with van der Waals surface area (Å²) >= 11 is 5.90. The summed E-state index contributed by atoms with van der Waals surface area (Å²) in [5, 5.41) is 1.48. The fourth-order valence-corrected chi connectivity index (χ4v) is 1.59. The van der Waals surface area contributed by atoms with Gasteiger partial charge in [0.25, 0.3) is 0 Å². The maximum Gasteiger partial charge on any atom is 0.151 e. The number of hydrogen-bond donors (Lipinski definition) is 2. The standard InChI is InChI=1S/C10H11ClN4/c1-2-9-13-8-4-3-6(11)5-7(8)10(14-9)15-12/h3-5H,2,12H2,1H3,(H,13,14,15). The molecule has 0 aliphatic rings. The highest BCUT2D eigenvalue weighted by molar-refractivity contribution is 6.31. The summed E-state index contributed by atoms with van der Waals surface area (Å²) in [6.45, 7) is 2.00. The van der Waals surface area contributed by atoms with Crippen molar-refractivity contribution >= 4 is 28.3 Å². The molecule has 0 fully saturated rings. The molecule has 0 saturated heterocycles. The number of nitrogens with zero attached hydrogens (tertiary/aromatic N) is 2. The van der Waals surface area contributed by atoms with Gasteiger partial charge in [-0.05, 0) is 18.2 Å². The van der Waals surface area contributed by atoms with Crippen molar-refractivity contribution in [2.75, 3.05) is 5.43 Å². The molecule has 4 nitrogen and oxygen atoms in total. The topological polar surface area (TPSA) is 63.8 Å². The minimum Gasteiger partial charge on any atom is -0.308 e. The van der Waals surface area contributed by atoms with Gasteiger partial charge in [0.15, 0.2) is 5.82 Å². The van der Waals surface area contributed by atoms with Crippen LogP contribution in [-0.2, 0) is 6.42 Å². The molecule has 78 valence electrons. The van der Waals surface area contributed by atoms with Crippen molar-refractivity contribution < 1.29 is 0 Å². The van der Waals surface area contributed by atoms with Crippen molar-refractivity contribution in [1.29, 1.82) is 0 Å². The zero-order valence-electron chi connectivity index (χ0n) is 8.29. The maximum atomic E-state index is 5.90. The van der Waals surface area contributed by atoms with E-state index in [0.717, 1.165) is 23.1 Å². The average Bonchev–Trinajstić information content (AvgIpc) is 2.27. The van der Waals surface area contributed by atoms with Gasteiger partial charge in [-0.2, -0.15) is 0 Å². The zero-order chi connectivity index (χ0) is 10.8. The van der Waals surface area contributed by atoms with Gasteiger partial charge in [-0.3, -0.25) is 0 Å². The molecule has 1 aromatic carbocycles. The number of benzene rings is 1. The van der Waals surface area contributed by atoms with Crippen molar-refractivity contribution in [3.05, 3.63) is 29.0 Å². The summed E-state index contributed by atoms with van der Waals surface area (Å²) < 4.78 is 0. The van der Waals surface area contributed by atoms with Crippen molar-refractivity contribution in [1.82, 2.24) is 9.97 Å². The minimum atomic E-state index is 0.611. The van der Waals surface area contributed by atoms with Crippen LogP contribution in [0.1, 0.15) is 12.7 Å². The third-order valence-electron chi connectivity index (χ3n) is 2.16. The van der Waals surface area contributed by atoms with Crippen LogP contribution in [0.4, 0.5) is 5.82 Å². The second kappa shape index (κ2) is 4.00. The molecular formula is C10H11ClN4. The fraction of sp³-hybridized carbons (Fsp3) is 0.200. The van der Waals surface area contributed by atoms with Crippen molar-refractivity contribution in [3.63, 3.8) is 0 Å². The molecule has 0 aliphatic carbocycles. The molecule has 5 heteroatoms. The Morgan fingerprint density at radius 3 is 2.87 bits per heavy atom. The number of aromatic nitrogens is 2. The van der Waals surface area contributed by atoms with Crippen LogP contribution in [0.2, 0.25) is 5.02 Å². The van der Waals surface area contributed by atoms with Crippen LogP contribution < -0.4 is 11.3 Å². The van der Waals surface area contributed by atoms with Gasteiger partial charge in [-0.1, -0.05) is 18.5 Å². The van der Waals surface area contributed by atoms with E-state index in [2.05, 4.69) is 15.4 Å². The zero-order valence-corrected chi connectivity index (χ0v) is 9.04. The molecule has 1 aromatic heterocycles. The molecule has 0 radical (unpaired) electrons. The highest BCUT2D eigenvalue weighted by Crippen LogP contribution is 2.23. The normalized spacial score (nSPS) is 10.6. The van der Waals surface area contributed by atoms with Gasteiger partial charge in [0.1, 0.15) is 5.82 Å². The maximum absolute atomic E-state index is 5.90. The number of aryl methyl sites for hydroxylation is 1. The first-order valence-corrected chi connectivity index (χ1v) is 5.05. The molecule has 0 aliphatic heterocycles. The molecule has 0 saturated carbocycles. The number of nitrogens with two attached hydrogens (primary N) is 1. The highest BCUT2D eigenvalue weighted by atomic mass is 35.5. The Hall–Kier alpha value is -1.39. The number of nitrogen functional groups attached to an aromatic ring is 1. The van der Waals surface area contributed by atoms with E-state index in [9.17, 15) is 0 Å². The monoisotopic (exact) mass is 222 g/mol.